The Morgan fingerprint density at radius 3 is 2.19 bits per heavy atom. The van der Waals surface area contributed by atoms with Crippen molar-refractivity contribution < 1.29 is 19.4 Å². The second-order valence-electron chi connectivity index (χ2n) is 5.13. The largest absolute Gasteiger partial charge is 0.480 e. The minimum Gasteiger partial charge on any atom is -0.480 e. The molecule has 1 amide bonds. The van der Waals surface area contributed by atoms with Gasteiger partial charge in [-0.25, -0.2) is 9.59 Å². The van der Waals surface area contributed by atoms with E-state index in [2.05, 4.69) is 0 Å². The maximum Gasteiger partial charge on any atom is 0.411 e. The topological polar surface area (TPSA) is 66.8 Å². The van der Waals surface area contributed by atoms with Gasteiger partial charge in [-0.15, -0.1) is 0 Å². The van der Waals surface area contributed by atoms with Crippen molar-refractivity contribution in [1.82, 2.24) is 4.90 Å². The summed E-state index contributed by atoms with van der Waals surface area (Å²) in [7, 11) is 0. The van der Waals surface area contributed by atoms with Gasteiger partial charge < -0.3 is 9.84 Å². The molecule has 5 nitrogen and oxygen atoms in total. The van der Waals surface area contributed by atoms with Crippen molar-refractivity contribution in [2.75, 3.05) is 0 Å². The molecule has 1 N–H and O–H groups in total. The predicted molar refractivity (Wildman–Crippen MR) is 58.2 cm³/mol. The Bertz CT molecular complexity index is 291. The summed E-state index contributed by atoms with van der Waals surface area (Å²) in [5.74, 6) is -1.00. The summed E-state index contributed by atoms with van der Waals surface area (Å²) < 4.78 is 5.20. The van der Waals surface area contributed by atoms with E-state index in [1.54, 1.807) is 20.8 Å². The summed E-state index contributed by atoms with van der Waals surface area (Å²) in [4.78, 5) is 24.0. The molecular weight excluding hydrogens is 210 g/mol. The van der Waals surface area contributed by atoms with Crippen LogP contribution in [-0.4, -0.2) is 39.8 Å². The molecule has 0 aromatic heterocycles. The van der Waals surface area contributed by atoms with E-state index in [-0.39, 0.29) is 6.04 Å². The number of nitrogens with zero attached hydrogens (tertiary/aromatic N) is 1. The van der Waals surface area contributed by atoms with Gasteiger partial charge >= 0.3 is 12.1 Å². The highest BCUT2D eigenvalue weighted by atomic mass is 16.6. The van der Waals surface area contributed by atoms with Crippen molar-refractivity contribution in [2.24, 2.45) is 0 Å². The quantitative estimate of drug-likeness (QED) is 0.802. The lowest BCUT2D eigenvalue weighted by atomic mass is 10.2. The SMILES string of the molecule is CC(C(=O)O)N(C(=O)OC(C)(C)C)C1CC1. The van der Waals surface area contributed by atoms with Crippen LogP contribution >= 0.6 is 0 Å². The van der Waals surface area contributed by atoms with Gasteiger partial charge in [0.2, 0.25) is 0 Å². The Morgan fingerprint density at radius 2 is 1.88 bits per heavy atom. The maximum atomic E-state index is 11.8. The van der Waals surface area contributed by atoms with Crippen LogP contribution in [0, 0.1) is 0 Å². The molecule has 0 radical (unpaired) electrons. The fourth-order valence-electron chi connectivity index (χ4n) is 1.41. The van der Waals surface area contributed by atoms with Gasteiger partial charge in [0.1, 0.15) is 11.6 Å². The lowest BCUT2D eigenvalue weighted by molar-refractivity contribution is -0.142. The zero-order chi connectivity index (χ0) is 12.5. The van der Waals surface area contributed by atoms with E-state index in [0.29, 0.717) is 0 Å². The number of carboxylic acid groups (broad SMARTS) is 1. The summed E-state index contributed by atoms with van der Waals surface area (Å²) in [5, 5.41) is 8.93. The van der Waals surface area contributed by atoms with Gasteiger partial charge in [-0.05, 0) is 40.5 Å². The van der Waals surface area contributed by atoms with Crippen LogP contribution in [0.2, 0.25) is 0 Å². The first kappa shape index (κ1) is 12.8. The van der Waals surface area contributed by atoms with E-state index < -0.39 is 23.7 Å². The molecule has 1 aliphatic carbocycles. The Kier molecular flexibility index (Phi) is 3.45. The molecule has 0 heterocycles. The lowest BCUT2D eigenvalue weighted by Gasteiger charge is -2.29. The van der Waals surface area contributed by atoms with Crippen LogP contribution < -0.4 is 0 Å². The molecule has 0 aromatic carbocycles. The Balaban J connectivity index is 2.70. The highest BCUT2D eigenvalue weighted by Crippen LogP contribution is 2.30. The average Bonchev–Trinajstić information content (AvgIpc) is 2.84. The van der Waals surface area contributed by atoms with Gasteiger partial charge in [0, 0.05) is 6.04 Å². The third-order valence-corrected chi connectivity index (χ3v) is 2.32. The molecule has 1 unspecified atom stereocenters. The van der Waals surface area contributed by atoms with E-state index in [1.807, 2.05) is 0 Å². The molecule has 16 heavy (non-hydrogen) atoms. The number of carboxylic acids is 1. The monoisotopic (exact) mass is 229 g/mol. The van der Waals surface area contributed by atoms with E-state index in [9.17, 15) is 9.59 Å². The Morgan fingerprint density at radius 1 is 1.38 bits per heavy atom. The summed E-state index contributed by atoms with van der Waals surface area (Å²) in [6, 6.07) is -0.803. The van der Waals surface area contributed by atoms with Crippen LogP contribution in [0.15, 0.2) is 0 Å². The average molecular weight is 229 g/mol. The molecule has 1 saturated carbocycles. The lowest BCUT2D eigenvalue weighted by Crippen LogP contribution is -2.46. The van der Waals surface area contributed by atoms with Crippen molar-refractivity contribution in [3.8, 4) is 0 Å². The number of hydrogen-bond acceptors (Lipinski definition) is 3. The van der Waals surface area contributed by atoms with Crippen LogP contribution in [-0.2, 0) is 9.53 Å². The van der Waals surface area contributed by atoms with Crippen LogP contribution in [0.4, 0.5) is 4.79 Å². The van der Waals surface area contributed by atoms with Crippen LogP contribution in [0.3, 0.4) is 0 Å². The highest BCUT2D eigenvalue weighted by Gasteiger charge is 2.40. The number of ether oxygens (including phenoxy) is 1. The fourth-order valence-corrected chi connectivity index (χ4v) is 1.41. The third kappa shape index (κ3) is 3.40. The summed E-state index contributed by atoms with van der Waals surface area (Å²) in [5.41, 5.74) is -0.595. The molecule has 0 bridgehead atoms. The van der Waals surface area contributed by atoms with Crippen molar-refractivity contribution >= 4 is 12.1 Å². The number of carbonyl (C=O) groups is 2. The van der Waals surface area contributed by atoms with Crippen molar-refractivity contribution in [1.29, 1.82) is 0 Å². The third-order valence-electron chi connectivity index (χ3n) is 2.32. The number of aliphatic carboxylic acids is 1. The number of carbonyl (C=O) groups excluding carboxylic acids is 1. The highest BCUT2D eigenvalue weighted by molar-refractivity contribution is 5.80. The first-order chi connectivity index (χ1) is 7.22. The number of rotatable bonds is 3. The van der Waals surface area contributed by atoms with E-state index in [0.717, 1.165) is 12.8 Å². The van der Waals surface area contributed by atoms with Gasteiger partial charge in [-0.3, -0.25) is 4.90 Å². The zero-order valence-electron chi connectivity index (χ0n) is 10.2. The molecule has 0 spiro atoms. The molecular formula is C11H19NO4. The van der Waals surface area contributed by atoms with Crippen LogP contribution in [0.5, 0.6) is 0 Å². The van der Waals surface area contributed by atoms with Crippen molar-refractivity contribution in [2.45, 2.75) is 58.2 Å². The predicted octanol–water partition coefficient (Wildman–Crippen LogP) is 1.86. The van der Waals surface area contributed by atoms with E-state index >= 15 is 0 Å². The van der Waals surface area contributed by atoms with Gasteiger partial charge in [0.25, 0.3) is 0 Å². The first-order valence-corrected chi connectivity index (χ1v) is 5.46. The number of hydrogen-bond donors (Lipinski definition) is 1. The summed E-state index contributed by atoms with van der Waals surface area (Å²) in [6.45, 7) is 6.80. The van der Waals surface area contributed by atoms with Crippen LogP contribution in [0.25, 0.3) is 0 Å². The molecule has 0 aliphatic heterocycles. The maximum absolute atomic E-state index is 11.8. The molecule has 1 aliphatic rings. The van der Waals surface area contributed by atoms with Crippen molar-refractivity contribution in [3.63, 3.8) is 0 Å². The summed E-state index contributed by atoms with van der Waals surface area (Å²) in [6.07, 6.45) is 1.18. The normalized spacial score (nSPS) is 17.8. The standard InChI is InChI=1S/C11H19NO4/c1-7(9(13)14)12(8-5-6-8)10(15)16-11(2,3)4/h7-8H,5-6H2,1-4H3,(H,13,14). The molecule has 92 valence electrons. The Labute approximate surface area is 95.4 Å². The second-order valence-corrected chi connectivity index (χ2v) is 5.13. The minimum absolute atomic E-state index is 0.0287. The molecule has 0 saturated heterocycles. The van der Waals surface area contributed by atoms with Crippen LogP contribution in [0.1, 0.15) is 40.5 Å². The van der Waals surface area contributed by atoms with E-state index in [1.165, 1.54) is 11.8 Å². The fraction of sp³-hybridized carbons (Fsp3) is 0.818. The molecule has 0 aromatic rings. The van der Waals surface area contributed by atoms with Gasteiger partial charge in [-0.2, -0.15) is 0 Å². The number of amides is 1. The van der Waals surface area contributed by atoms with Gasteiger partial charge in [-0.1, -0.05) is 0 Å². The molecule has 5 heteroatoms. The summed E-state index contributed by atoms with van der Waals surface area (Å²) >= 11 is 0. The first-order valence-electron chi connectivity index (χ1n) is 5.46. The van der Waals surface area contributed by atoms with E-state index in [4.69, 9.17) is 9.84 Å². The smallest absolute Gasteiger partial charge is 0.411 e. The second kappa shape index (κ2) is 4.31. The Hall–Kier alpha value is -1.26. The van der Waals surface area contributed by atoms with Gasteiger partial charge in [0.05, 0.1) is 0 Å². The molecule has 1 atom stereocenters. The molecule has 1 rings (SSSR count). The minimum atomic E-state index is -1.00. The van der Waals surface area contributed by atoms with Crippen molar-refractivity contribution in [3.05, 3.63) is 0 Å². The molecule has 1 fully saturated rings. The zero-order valence-corrected chi connectivity index (χ0v) is 10.2. The van der Waals surface area contributed by atoms with Gasteiger partial charge in [0.15, 0.2) is 0 Å².